The quantitative estimate of drug-likeness (QED) is 0.775. The van der Waals surface area contributed by atoms with E-state index in [-0.39, 0.29) is 12.3 Å². The van der Waals surface area contributed by atoms with Crippen LogP contribution in [0.2, 0.25) is 0 Å². The molecule has 2 fully saturated rings. The maximum absolute atomic E-state index is 12.6. The number of nitrogens with two attached hydrogens (primary N) is 1. The molecule has 1 amide bonds. The molecule has 2 saturated heterocycles. The number of hydrogen-bond donors (Lipinski definition) is 2. The van der Waals surface area contributed by atoms with E-state index in [1.165, 1.54) is 5.56 Å². The minimum absolute atomic E-state index is 0.0470. The van der Waals surface area contributed by atoms with Crippen LogP contribution >= 0.6 is 0 Å². The Morgan fingerprint density at radius 3 is 2.50 bits per heavy atom. The Kier molecular flexibility index (Phi) is 6.63. The number of hydrogen-bond acceptors (Lipinski definition) is 5. The average molecular weight is 389 g/mol. The third-order valence-corrected chi connectivity index (χ3v) is 5.58. The van der Waals surface area contributed by atoms with Gasteiger partial charge in [0.05, 0.1) is 11.8 Å². The Balaban J connectivity index is 1.55. The molecule has 0 aliphatic carbocycles. The molecule has 3 rings (SSSR count). The molecular weight excluding hydrogens is 352 g/mol. The summed E-state index contributed by atoms with van der Waals surface area (Å²) >= 11 is 0. The lowest BCUT2D eigenvalue weighted by Crippen LogP contribution is -2.66. The molecule has 0 bridgehead atoms. The van der Waals surface area contributed by atoms with Crippen LogP contribution in [-0.4, -0.2) is 53.0 Å². The van der Waals surface area contributed by atoms with E-state index < -0.39 is 11.3 Å². The van der Waals surface area contributed by atoms with Crippen molar-refractivity contribution >= 4 is 6.09 Å². The smallest absolute Gasteiger partial charge is 0.411 e. The van der Waals surface area contributed by atoms with Crippen LogP contribution in [0.5, 0.6) is 0 Å². The second-order valence-corrected chi connectivity index (χ2v) is 9.25. The van der Waals surface area contributed by atoms with Gasteiger partial charge < -0.3 is 10.5 Å². The van der Waals surface area contributed by atoms with Gasteiger partial charge in [0, 0.05) is 26.2 Å². The normalized spacial score (nSPS) is 23.4. The van der Waals surface area contributed by atoms with E-state index in [4.69, 9.17) is 10.5 Å². The number of likely N-dealkylation sites (tertiary alicyclic amines) is 2. The molecule has 0 spiro atoms. The van der Waals surface area contributed by atoms with Crippen molar-refractivity contribution in [2.24, 2.45) is 5.73 Å². The van der Waals surface area contributed by atoms with Crippen LogP contribution in [0.3, 0.4) is 0 Å². The van der Waals surface area contributed by atoms with Gasteiger partial charge in [-0.05, 0) is 58.4 Å². The van der Waals surface area contributed by atoms with Crippen molar-refractivity contribution in [3.8, 4) is 0 Å². The van der Waals surface area contributed by atoms with Gasteiger partial charge in [0.15, 0.2) is 0 Å². The zero-order chi connectivity index (χ0) is 20.2. The molecule has 1 unspecified atom stereocenters. The summed E-state index contributed by atoms with van der Waals surface area (Å²) in [5, 5.41) is 3.61. The minimum Gasteiger partial charge on any atom is -0.444 e. The average Bonchev–Trinajstić information content (AvgIpc) is 2.64. The van der Waals surface area contributed by atoms with Crippen LogP contribution in [0.15, 0.2) is 30.3 Å². The highest BCUT2D eigenvalue weighted by atomic mass is 16.6. The first-order valence-corrected chi connectivity index (χ1v) is 10.6. The second kappa shape index (κ2) is 8.80. The molecular formula is C22H36N4O2. The van der Waals surface area contributed by atoms with Crippen molar-refractivity contribution in [3.05, 3.63) is 35.9 Å². The van der Waals surface area contributed by atoms with E-state index in [1.54, 1.807) is 0 Å². The third kappa shape index (κ3) is 5.93. The van der Waals surface area contributed by atoms with Crippen molar-refractivity contribution in [3.63, 3.8) is 0 Å². The van der Waals surface area contributed by atoms with Gasteiger partial charge in [-0.15, -0.1) is 0 Å². The van der Waals surface area contributed by atoms with Crippen molar-refractivity contribution in [2.75, 3.05) is 19.6 Å². The SMILES string of the molecule is CC(C)(C)OC(=O)N1CCCCC1NC1(N)CCN(Cc2ccccc2)CC1. The Morgan fingerprint density at radius 1 is 1.18 bits per heavy atom. The summed E-state index contributed by atoms with van der Waals surface area (Å²) in [5.41, 5.74) is 7.14. The first kappa shape index (κ1) is 21.1. The van der Waals surface area contributed by atoms with Gasteiger partial charge in [0.25, 0.3) is 0 Å². The fraction of sp³-hybridized carbons (Fsp3) is 0.682. The number of benzene rings is 1. The number of ether oxygens (including phenoxy) is 1. The fourth-order valence-electron chi connectivity index (χ4n) is 4.05. The molecule has 1 aromatic carbocycles. The molecule has 3 N–H and O–H groups in total. The molecule has 1 atom stereocenters. The minimum atomic E-state index is -0.484. The summed E-state index contributed by atoms with van der Waals surface area (Å²) in [6, 6.07) is 10.6. The molecule has 6 nitrogen and oxygen atoms in total. The first-order chi connectivity index (χ1) is 13.2. The van der Waals surface area contributed by atoms with Gasteiger partial charge in [0.1, 0.15) is 5.60 Å². The topological polar surface area (TPSA) is 70.8 Å². The van der Waals surface area contributed by atoms with Crippen LogP contribution in [-0.2, 0) is 11.3 Å². The summed E-state index contributed by atoms with van der Waals surface area (Å²) in [4.78, 5) is 16.9. The van der Waals surface area contributed by atoms with Gasteiger partial charge >= 0.3 is 6.09 Å². The first-order valence-electron chi connectivity index (χ1n) is 10.6. The Bertz CT molecular complexity index is 636. The molecule has 2 aliphatic rings. The lowest BCUT2D eigenvalue weighted by atomic mass is 9.95. The standard InChI is InChI=1S/C22H36N4O2/c1-21(2,3)28-20(27)26-14-8-7-11-19(26)24-22(23)12-15-25(16-13-22)17-18-9-5-4-6-10-18/h4-6,9-10,19,24H,7-8,11-17,23H2,1-3H3. The predicted octanol–water partition coefficient (Wildman–Crippen LogP) is 3.27. The molecule has 0 saturated carbocycles. The number of nitrogens with one attached hydrogen (secondary N) is 1. The van der Waals surface area contributed by atoms with Crippen LogP contribution in [0.25, 0.3) is 0 Å². The summed E-state index contributed by atoms with van der Waals surface area (Å²) < 4.78 is 5.61. The fourth-order valence-corrected chi connectivity index (χ4v) is 4.05. The number of carbonyl (C=O) groups excluding carboxylic acids is 1. The number of piperidine rings is 2. The van der Waals surface area contributed by atoms with E-state index in [1.807, 2.05) is 25.7 Å². The summed E-state index contributed by atoms with van der Waals surface area (Å²) in [7, 11) is 0. The highest BCUT2D eigenvalue weighted by Gasteiger charge is 2.37. The van der Waals surface area contributed by atoms with Gasteiger partial charge in [-0.25, -0.2) is 4.79 Å². The molecule has 1 aromatic rings. The monoisotopic (exact) mass is 388 g/mol. The maximum atomic E-state index is 12.6. The van der Waals surface area contributed by atoms with Crippen LogP contribution in [0, 0.1) is 0 Å². The molecule has 0 aromatic heterocycles. The molecule has 0 radical (unpaired) electrons. The number of rotatable bonds is 4. The lowest BCUT2D eigenvalue weighted by Gasteiger charge is -2.45. The zero-order valence-electron chi connectivity index (χ0n) is 17.6. The van der Waals surface area contributed by atoms with Crippen molar-refractivity contribution in [1.29, 1.82) is 0 Å². The van der Waals surface area contributed by atoms with E-state index in [0.29, 0.717) is 0 Å². The Hall–Kier alpha value is -1.63. The zero-order valence-corrected chi connectivity index (χ0v) is 17.6. The third-order valence-electron chi connectivity index (χ3n) is 5.58. The molecule has 28 heavy (non-hydrogen) atoms. The van der Waals surface area contributed by atoms with Crippen molar-refractivity contribution in [2.45, 2.75) is 76.8 Å². The molecule has 156 valence electrons. The number of carbonyl (C=O) groups is 1. The second-order valence-electron chi connectivity index (χ2n) is 9.25. The van der Waals surface area contributed by atoms with Crippen LogP contribution < -0.4 is 11.1 Å². The van der Waals surface area contributed by atoms with E-state index in [2.05, 4.69) is 40.5 Å². The Labute approximate surface area is 169 Å². The van der Waals surface area contributed by atoms with Gasteiger partial charge in [-0.3, -0.25) is 15.1 Å². The highest BCUT2D eigenvalue weighted by molar-refractivity contribution is 5.68. The molecule has 2 heterocycles. The van der Waals surface area contributed by atoms with E-state index in [0.717, 1.165) is 58.3 Å². The van der Waals surface area contributed by atoms with Crippen molar-refractivity contribution in [1.82, 2.24) is 15.1 Å². The van der Waals surface area contributed by atoms with E-state index in [9.17, 15) is 4.79 Å². The lowest BCUT2D eigenvalue weighted by molar-refractivity contribution is -0.00418. The van der Waals surface area contributed by atoms with Gasteiger partial charge in [-0.1, -0.05) is 30.3 Å². The van der Waals surface area contributed by atoms with Crippen LogP contribution in [0.4, 0.5) is 4.79 Å². The predicted molar refractivity (Wildman–Crippen MR) is 112 cm³/mol. The summed E-state index contributed by atoms with van der Waals surface area (Å²) in [6.07, 6.45) is 4.50. The van der Waals surface area contributed by atoms with Gasteiger partial charge in [0.2, 0.25) is 0 Å². The van der Waals surface area contributed by atoms with Crippen molar-refractivity contribution < 1.29 is 9.53 Å². The summed E-state index contributed by atoms with van der Waals surface area (Å²) in [6.45, 7) is 9.32. The van der Waals surface area contributed by atoms with Gasteiger partial charge in [-0.2, -0.15) is 0 Å². The molecule has 2 aliphatic heterocycles. The highest BCUT2D eigenvalue weighted by Crippen LogP contribution is 2.24. The van der Waals surface area contributed by atoms with E-state index >= 15 is 0 Å². The maximum Gasteiger partial charge on any atom is 0.411 e. The number of nitrogens with zero attached hydrogens (tertiary/aromatic N) is 2. The largest absolute Gasteiger partial charge is 0.444 e. The molecule has 6 heteroatoms. The number of amides is 1. The summed E-state index contributed by atoms with van der Waals surface area (Å²) in [5.74, 6) is 0. The Morgan fingerprint density at radius 2 is 1.86 bits per heavy atom. The van der Waals surface area contributed by atoms with Crippen LogP contribution in [0.1, 0.15) is 58.4 Å².